The van der Waals surface area contributed by atoms with E-state index in [1.165, 1.54) is 36.7 Å². The molecule has 0 spiro atoms. The molecule has 10 rings (SSSR count). The van der Waals surface area contributed by atoms with E-state index in [1.54, 1.807) is 38.1 Å². The molecule has 2 N–H and O–H groups in total. The third-order valence-corrected chi connectivity index (χ3v) is 14.0. The molecule has 4 aliphatic heterocycles. The Kier molecular flexibility index (Phi) is 10.8. The van der Waals surface area contributed by atoms with Gasteiger partial charge in [0.1, 0.15) is 34.4 Å². The van der Waals surface area contributed by atoms with Crippen LogP contribution in [-0.2, 0) is 57.4 Å². The first-order chi connectivity index (χ1) is 28.8. The van der Waals surface area contributed by atoms with Crippen molar-refractivity contribution in [2.24, 2.45) is 32.4 Å². The summed E-state index contributed by atoms with van der Waals surface area (Å²) in [6.07, 6.45) is 2.10. The molecule has 2 aromatic heterocycles. The maximum atomic E-state index is 13.5. The van der Waals surface area contributed by atoms with Gasteiger partial charge in [-0.05, 0) is 87.4 Å². The van der Waals surface area contributed by atoms with Crippen molar-refractivity contribution in [3.05, 3.63) is 132 Å². The number of aromatic nitrogens is 2. The Hall–Kier alpha value is -5.98. The zero-order valence-corrected chi connectivity index (χ0v) is 40.3. The first kappa shape index (κ1) is 41.7. The molecule has 0 saturated heterocycles. The molecule has 6 aromatic rings. The Balaban J connectivity index is 0.000000166. The molecule has 19 heteroatoms. The second-order valence-electron chi connectivity index (χ2n) is 14.7. The number of fused-ring (bicyclic) bond motifs is 4. The minimum Gasteiger partial charge on any atom is -0.506 e. The van der Waals surface area contributed by atoms with Crippen LogP contribution in [0.4, 0.5) is 0 Å². The quantitative estimate of drug-likeness (QED) is 0.170. The van der Waals surface area contributed by atoms with Gasteiger partial charge in [-0.25, -0.2) is 0 Å². The summed E-state index contributed by atoms with van der Waals surface area (Å²) in [5.41, 5.74) is 5.64. The summed E-state index contributed by atoms with van der Waals surface area (Å²) in [5.74, 6) is -0.534. The number of sulfonamides is 2. The van der Waals surface area contributed by atoms with E-state index >= 15 is 0 Å². The fourth-order valence-corrected chi connectivity index (χ4v) is 10.6. The minimum atomic E-state index is -4.10. The Morgan fingerprint density at radius 1 is 0.541 bits per heavy atom. The number of nitrogens with zero attached hydrogens (tertiary/aromatic N) is 8. The van der Waals surface area contributed by atoms with Gasteiger partial charge in [0.05, 0.1) is 21.2 Å². The Bertz CT molecular complexity index is 2880. The van der Waals surface area contributed by atoms with Gasteiger partial charge in [0.15, 0.2) is 23.9 Å². The van der Waals surface area contributed by atoms with Crippen LogP contribution in [0.2, 0.25) is 0 Å². The van der Waals surface area contributed by atoms with Crippen molar-refractivity contribution in [1.82, 2.24) is 18.8 Å². The molecule has 0 fully saturated rings. The minimum absolute atomic E-state index is 0. The summed E-state index contributed by atoms with van der Waals surface area (Å²) >= 11 is 0. The Morgan fingerprint density at radius 2 is 0.918 bits per heavy atom. The third kappa shape index (κ3) is 7.05. The van der Waals surface area contributed by atoms with Crippen LogP contribution >= 0.6 is 0 Å². The maximum Gasteiger partial charge on any atom is 0.285 e. The van der Waals surface area contributed by atoms with Gasteiger partial charge in [0, 0.05) is 50.8 Å². The van der Waals surface area contributed by atoms with Crippen LogP contribution in [0.15, 0.2) is 140 Å². The van der Waals surface area contributed by atoms with E-state index in [0.717, 1.165) is 31.1 Å². The van der Waals surface area contributed by atoms with Gasteiger partial charge in [-0.2, -0.15) is 27.0 Å². The molecule has 306 valence electrons. The number of benzene rings is 4. The summed E-state index contributed by atoms with van der Waals surface area (Å²) in [4.78, 5) is 19.4. The molecule has 0 radical (unpaired) electrons. The van der Waals surface area contributed by atoms with Gasteiger partial charge in [0.2, 0.25) is 0 Å². The molecule has 0 bridgehead atoms. The molecule has 4 unspecified atom stereocenters. The zero-order valence-electron chi connectivity index (χ0n) is 33.1. The molecule has 0 aliphatic carbocycles. The van der Waals surface area contributed by atoms with Crippen LogP contribution < -0.4 is 0 Å². The van der Waals surface area contributed by atoms with E-state index in [0.29, 0.717) is 22.2 Å². The molecule has 61 heavy (non-hydrogen) atoms. The number of hydrogen-bond donors (Lipinski definition) is 2. The van der Waals surface area contributed by atoms with Gasteiger partial charge in [-0.3, -0.25) is 9.97 Å². The molecule has 6 heterocycles. The zero-order chi connectivity index (χ0) is 42.1. The molecular weight excluding hydrogens is 1010 g/mol. The number of hydrogen-bond acceptors (Lipinski definition) is 14. The van der Waals surface area contributed by atoms with Gasteiger partial charge in [-0.15, -0.1) is 8.83 Å². The number of amidine groups is 2. The average molecular weight is 1050 g/mol. The second-order valence-corrected chi connectivity index (χ2v) is 18.1. The van der Waals surface area contributed by atoms with Gasteiger partial charge in [0.25, 0.3) is 20.0 Å². The average Bonchev–Trinajstić information content (AvgIpc) is 4.03. The van der Waals surface area contributed by atoms with E-state index < -0.39 is 44.1 Å². The predicted molar refractivity (Wildman–Crippen MR) is 223 cm³/mol. The number of aromatic hydroxyl groups is 2. The fraction of sp³-hybridized carbons (Fsp3) is 0.190. The number of phenols is 2. The van der Waals surface area contributed by atoms with Gasteiger partial charge in [-0.1, -0.05) is 70.0 Å². The summed E-state index contributed by atoms with van der Waals surface area (Å²) in [6.45, 7) is 7.52. The third-order valence-electron chi connectivity index (χ3n) is 10.7. The van der Waals surface area contributed by atoms with Crippen molar-refractivity contribution in [2.75, 3.05) is 0 Å². The molecule has 4 aromatic carbocycles. The number of rotatable bonds is 6. The molecule has 0 amide bonds. The van der Waals surface area contributed by atoms with Crippen LogP contribution in [0.3, 0.4) is 0 Å². The van der Waals surface area contributed by atoms with Crippen LogP contribution in [0.5, 0.6) is 11.5 Å². The number of aryl methyl sites for hydroxylation is 2. The molecule has 4 aliphatic rings. The van der Waals surface area contributed by atoms with Crippen molar-refractivity contribution in [3.8, 4) is 11.5 Å². The summed E-state index contributed by atoms with van der Waals surface area (Å²) in [5, 5.41) is 37.5. The first-order valence-electron chi connectivity index (χ1n) is 18.7. The van der Waals surface area contributed by atoms with Crippen LogP contribution in [0.25, 0.3) is 21.8 Å². The van der Waals surface area contributed by atoms with E-state index in [4.69, 9.17) is 9.68 Å². The van der Waals surface area contributed by atoms with Crippen molar-refractivity contribution < 1.29 is 64.4 Å². The predicted octanol–water partition coefficient (Wildman–Crippen LogP) is 6.66. The van der Waals surface area contributed by atoms with Gasteiger partial charge < -0.3 is 19.9 Å². The summed E-state index contributed by atoms with van der Waals surface area (Å²) in [6, 6.07) is 27.4. The smallest absolute Gasteiger partial charge is 0.285 e. The van der Waals surface area contributed by atoms with Crippen LogP contribution in [0, 0.1) is 25.7 Å². The second kappa shape index (κ2) is 15.8. The molecule has 0 saturated carbocycles. The van der Waals surface area contributed by atoms with Crippen molar-refractivity contribution >= 4 is 64.9 Å². The SMILES string of the molecule is CC1=NN(S(=O)(=O)c2ccc(O)c3ncccc23)C2=NOC(c3ccc(C)cc3)C12.CC1=NN(S(=O)(=O)c2ccc(O)c3ncccc23)C2=NOC(c3ccc(C)cc3)C12.[Hg]. The number of hydrazone groups is 2. The topological polar surface area (TPSA) is 209 Å². The Labute approximate surface area is 371 Å². The number of pyridine rings is 2. The largest absolute Gasteiger partial charge is 0.506 e. The molecule has 16 nitrogen and oxygen atoms in total. The van der Waals surface area contributed by atoms with E-state index in [2.05, 4.69) is 30.5 Å². The van der Waals surface area contributed by atoms with E-state index in [1.807, 2.05) is 62.4 Å². The van der Waals surface area contributed by atoms with E-state index in [9.17, 15) is 27.0 Å². The normalized spacial score (nSPS) is 20.3. The fourth-order valence-electron chi connectivity index (χ4n) is 7.63. The van der Waals surface area contributed by atoms with Gasteiger partial charge >= 0.3 is 0 Å². The molecule has 4 atom stereocenters. The van der Waals surface area contributed by atoms with Crippen molar-refractivity contribution in [1.29, 1.82) is 0 Å². The Morgan fingerprint density at radius 3 is 1.30 bits per heavy atom. The maximum absolute atomic E-state index is 13.5. The molecular formula is C42H36HgN8O8S2. The van der Waals surface area contributed by atoms with E-state index in [-0.39, 0.29) is 71.7 Å². The monoisotopic (exact) mass is 1050 g/mol. The van der Waals surface area contributed by atoms with Crippen molar-refractivity contribution in [2.45, 2.75) is 49.7 Å². The number of phenolic OH excluding ortho intramolecular Hbond substituents is 2. The van der Waals surface area contributed by atoms with Crippen LogP contribution in [-0.4, -0.2) is 68.9 Å². The first-order valence-corrected chi connectivity index (χ1v) is 21.6. The number of oxime groups is 2. The summed E-state index contributed by atoms with van der Waals surface area (Å²) < 4.78 is 55.9. The summed E-state index contributed by atoms with van der Waals surface area (Å²) in [7, 11) is -8.20. The van der Waals surface area contributed by atoms with Crippen molar-refractivity contribution in [3.63, 3.8) is 0 Å². The standard InChI is InChI=1S/2C21H18N4O4S.Hg/c2*1-12-5-7-14(8-6-12)20-18-13(2)23-25(21(18)24-29-20)30(27,28)17-10-9-16(26)19-15(17)4-3-11-22-19;/h2*3-11,18,20,26H,1-2H3;. The van der Waals surface area contributed by atoms with Crippen LogP contribution in [0.1, 0.15) is 48.3 Å².